The summed E-state index contributed by atoms with van der Waals surface area (Å²) in [6.07, 6.45) is 0. The van der Waals surface area contributed by atoms with E-state index in [1.54, 1.807) is 14.2 Å². The lowest BCUT2D eigenvalue weighted by Gasteiger charge is -2.02. The van der Waals surface area contributed by atoms with Crippen LogP contribution in [0.25, 0.3) is 0 Å². The largest absolute Gasteiger partial charge is 0.497 e. The first-order chi connectivity index (χ1) is 5.36. The average molecular weight is 152 g/mol. The van der Waals surface area contributed by atoms with Crippen molar-refractivity contribution < 1.29 is 9.47 Å². The third-order valence-corrected chi connectivity index (χ3v) is 1.45. The van der Waals surface area contributed by atoms with Crippen molar-refractivity contribution in [3.63, 3.8) is 0 Å². The highest BCUT2D eigenvalue weighted by atomic mass is 16.5. The van der Waals surface area contributed by atoms with Crippen LogP contribution in [0.15, 0.2) is 24.3 Å². The third kappa shape index (κ3) is 2.24. The van der Waals surface area contributed by atoms with E-state index in [4.69, 9.17) is 9.47 Å². The summed E-state index contributed by atoms with van der Waals surface area (Å²) in [4.78, 5) is 0. The van der Waals surface area contributed by atoms with E-state index < -0.39 is 0 Å². The van der Waals surface area contributed by atoms with Gasteiger partial charge in [-0.1, -0.05) is 12.1 Å². The van der Waals surface area contributed by atoms with Gasteiger partial charge in [0.2, 0.25) is 0 Å². The van der Waals surface area contributed by atoms with Gasteiger partial charge in [0.1, 0.15) is 5.75 Å². The molecule has 0 aromatic heterocycles. The maximum absolute atomic E-state index is 5.05. The van der Waals surface area contributed by atoms with Crippen molar-refractivity contribution in [2.75, 3.05) is 14.2 Å². The lowest BCUT2D eigenvalue weighted by molar-refractivity contribution is 0.184. The Morgan fingerprint density at radius 2 is 2.09 bits per heavy atom. The molecule has 60 valence electrons. The quantitative estimate of drug-likeness (QED) is 0.658. The Kier molecular flexibility index (Phi) is 2.93. The average Bonchev–Trinajstić information content (AvgIpc) is 2.06. The number of rotatable bonds is 3. The molecule has 1 rings (SSSR count). The first-order valence-corrected chi connectivity index (χ1v) is 3.48. The van der Waals surface area contributed by atoms with Gasteiger partial charge >= 0.3 is 0 Å². The second-order valence-electron chi connectivity index (χ2n) is 2.28. The first-order valence-electron chi connectivity index (χ1n) is 3.48. The van der Waals surface area contributed by atoms with Gasteiger partial charge < -0.3 is 9.47 Å². The summed E-state index contributed by atoms with van der Waals surface area (Å²) in [5.41, 5.74) is 1.13. The minimum absolute atomic E-state index is 0.636. The Hall–Kier alpha value is -1.02. The molecule has 2 heteroatoms. The molecule has 0 atom stereocenters. The van der Waals surface area contributed by atoms with Crippen LogP contribution in [0.5, 0.6) is 5.75 Å². The summed E-state index contributed by atoms with van der Waals surface area (Å²) < 4.78 is 10.0. The third-order valence-electron chi connectivity index (χ3n) is 1.45. The number of methoxy groups -OCH3 is 2. The predicted octanol–water partition coefficient (Wildman–Crippen LogP) is 1.84. The highest BCUT2D eigenvalue weighted by molar-refractivity contribution is 5.27. The Balaban J connectivity index is 2.74. The lowest BCUT2D eigenvalue weighted by Crippen LogP contribution is -1.88. The molecule has 0 N–H and O–H groups in total. The van der Waals surface area contributed by atoms with Gasteiger partial charge in [-0.15, -0.1) is 0 Å². The van der Waals surface area contributed by atoms with Gasteiger partial charge in [-0.3, -0.25) is 0 Å². The Labute approximate surface area is 66.8 Å². The summed E-state index contributed by atoms with van der Waals surface area (Å²) in [7, 11) is 3.34. The summed E-state index contributed by atoms with van der Waals surface area (Å²) in [6.45, 7) is 0.636. The fourth-order valence-corrected chi connectivity index (χ4v) is 0.929. The molecule has 0 heterocycles. The van der Waals surface area contributed by atoms with Crippen LogP contribution < -0.4 is 4.74 Å². The van der Waals surface area contributed by atoms with Crippen molar-refractivity contribution in [2.24, 2.45) is 0 Å². The van der Waals surface area contributed by atoms with Gasteiger partial charge in [0.25, 0.3) is 0 Å². The monoisotopic (exact) mass is 152 g/mol. The fourth-order valence-electron chi connectivity index (χ4n) is 0.929. The molecular weight excluding hydrogens is 140 g/mol. The summed E-state index contributed by atoms with van der Waals surface area (Å²) >= 11 is 0. The molecule has 0 spiro atoms. The van der Waals surface area contributed by atoms with Crippen LogP contribution in [0.4, 0.5) is 0 Å². The van der Waals surface area contributed by atoms with E-state index in [2.05, 4.69) is 0 Å². The van der Waals surface area contributed by atoms with Crippen LogP contribution in [-0.2, 0) is 11.3 Å². The van der Waals surface area contributed by atoms with Crippen LogP contribution in [-0.4, -0.2) is 14.2 Å². The predicted molar refractivity (Wildman–Crippen MR) is 43.7 cm³/mol. The zero-order valence-corrected chi connectivity index (χ0v) is 6.83. The van der Waals surface area contributed by atoms with Gasteiger partial charge in [0.15, 0.2) is 0 Å². The van der Waals surface area contributed by atoms with E-state index in [1.165, 1.54) is 0 Å². The second-order valence-corrected chi connectivity index (χ2v) is 2.28. The van der Waals surface area contributed by atoms with Crippen LogP contribution in [0, 0.1) is 0 Å². The van der Waals surface area contributed by atoms with Crippen molar-refractivity contribution in [2.45, 2.75) is 6.61 Å². The van der Waals surface area contributed by atoms with E-state index in [0.29, 0.717) is 6.61 Å². The molecule has 1 aromatic rings. The van der Waals surface area contributed by atoms with Gasteiger partial charge in [-0.05, 0) is 17.7 Å². The van der Waals surface area contributed by atoms with Crippen LogP contribution in [0.3, 0.4) is 0 Å². The van der Waals surface area contributed by atoms with E-state index >= 15 is 0 Å². The number of benzene rings is 1. The van der Waals surface area contributed by atoms with Crippen LogP contribution in [0.1, 0.15) is 5.56 Å². The van der Waals surface area contributed by atoms with E-state index in [-0.39, 0.29) is 0 Å². The van der Waals surface area contributed by atoms with Crippen LogP contribution >= 0.6 is 0 Å². The Morgan fingerprint density at radius 1 is 1.27 bits per heavy atom. The molecule has 0 saturated heterocycles. The molecule has 0 unspecified atom stereocenters. The first kappa shape index (κ1) is 8.08. The van der Waals surface area contributed by atoms with Crippen molar-refractivity contribution in [1.82, 2.24) is 0 Å². The van der Waals surface area contributed by atoms with Crippen molar-refractivity contribution in [3.05, 3.63) is 29.8 Å². The highest BCUT2D eigenvalue weighted by Gasteiger charge is 1.93. The molecule has 0 bridgehead atoms. The van der Waals surface area contributed by atoms with E-state index in [0.717, 1.165) is 11.3 Å². The zero-order chi connectivity index (χ0) is 8.10. The van der Waals surface area contributed by atoms with Gasteiger partial charge in [0.05, 0.1) is 13.7 Å². The molecule has 0 amide bonds. The molecule has 0 radical (unpaired) electrons. The van der Waals surface area contributed by atoms with Crippen LogP contribution in [0.2, 0.25) is 0 Å². The maximum Gasteiger partial charge on any atom is 0.119 e. The number of ether oxygens (including phenoxy) is 2. The van der Waals surface area contributed by atoms with Gasteiger partial charge in [-0.25, -0.2) is 0 Å². The van der Waals surface area contributed by atoms with E-state index in [1.807, 2.05) is 24.3 Å². The molecule has 2 nitrogen and oxygen atoms in total. The molecule has 0 fully saturated rings. The van der Waals surface area contributed by atoms with Crippen molar-refractivity contribution >= 4 is 0 Å². The maximum atomic E-state index is 5.05. The molecule has 1 aromatic carbocycles. The Morgan fingerprint density at radius 3 is 2.73 bits per heavy atom. The lowest BCUT2D eigenvalue weighted by atomic mass is 10.2. The standard InChI is InChI=1S/C9H12O2/c1-10-7-8-4-3-5-9(6-8)11-2/h3-6H,7H2,1-2H3. The van der Waals surface area contributed by atoms with Crippen molar-refractivity contribution in [3.8, 4) is 5.75 Å². The molecule has 11 heavy (non-hydrogen) atoms. The van der Waals surface area contributed by atoms with Crippen molar-refractivity contribution in [1.29, 1.82) is 0 Å². The molecule has 0 aliphatic heterocycles. The molecule has 0 saturated carbocycles. The summed E-state index contributed by atoms with van der Waals surface area (Å²) in [6, 6.07) is 7.84. The molecule has 0 aliphatic carbocycles. The van der Waals surface area contributed by atoms with Gasteiger partial charge in [-0.2, -0.15) is 0 Å². The minimum atomic E-state index is 0.636. The molecule has 0 aliphatic rings. The minimum Gasteiger partial charge on any atom is -0.497 e. The van der Waals surface area contributed by atoms with Gasteiger partial charge in [0, 0.05) is 7.11 Å². The normalized spacial score (nSPS) is 9.64. The number of hydrogen-bond acceptors (Lipinski definition) is 2. The fraction of sp³-hybridized carbons (Fsp3) is 0.333. The smallest absolute Gasteiger partial charge is 0.119 e. The number of hydrogen-bond donors (Lipinski definition) is 0. The zero-order valence-electron chi connectivity index (χ0n) is 6.83. The SMILES string of the molecule is COCc1cccc(OC)c1. The second kappa shape index (κ2) is 3.98. The van der Waals surface area contributed by atoms with E-state index in [9.17, 15) is 0 Å². The highest BCUT2D eigenvalue weighted by Crippen LogP contribution is 2.12. The summed E-state index contributed by atoms with van der Waals surface area (Å²) in [5, 5.41) is 0. The summed E-state index contributed by atoms with van der Waals surface area (Å²) in [5.74, 6) is 0.875. The molecular formula is C9H12O2. The Bertz CT molecular complexity index is 221. The topological polar surface area (TPSA) is 18.5 Å².